The van der Waals surface area contributed by atoms with Crippen molar-refractivity contribution in [2.75, 3.05) is 0 Å². The Hall–Kier alpha value is -3.59. The quantitative estimate of drug-likeness (QED) is 0.586. The molecule has 0 unspecified atom stereocenters. The highest BCUT2D eigenvalue weighted by Gasteiger charge is 2.13. The fourth-order valence-electron chi connectivity index (χ4n) is 3.00. The van der Waals surface area contributed by atoms with Crippen LogP contribution in [0.25, 0.3) is 27.5 Å². The smallest absolute Gasteiger partial charge is 0.272 e. The van der Waals surface area contributed by atoms with Crippen LogP contribution in [-0.4, -0.2) is 20.3 Å². The summed E-state index contributed by atoms with van der Waals surface area (Å²) in [6.45, 7) is 1.39. The molecule has 0 fully saturated rings. The second-order valence-corrected chi connectivity index (χ2v) is 5.54. The van der Waals surface area contributed by atoms with Crippen LogP contribution in [0.15, 0.2) is 53.5 Å². The minimum absolute atomic E-state index is 0.269. The summed E-state index contributed by atoms with van der Waals surface area (Å²) in [5.41, 5.74) is 2.45. The molecular formula is C18H12N4O2. The lowest BCUT2D eigenvalue weighted by Gasteiger charge is -2.06. The number of carbonyl (C=O) groups is 1. The van der Waals surface area contributed by atoms with Gasteiger partial charge in [0.1, 0.15) is 6.07 Å². The van der Waals surface area contributed by atoms with Gasteiger partial charge in [-0.3, -0.25) is 14.7 Å². The molecule has 2 aromatic heterocycles. The van der Waals surface area contributed by atoms with Crippen molar-refractivity contribution in [3.63, 3.8) is 0 Å². The molecule has 0 aliphatic carbocycles. The maximum absolute atomic E-state index is 11.9. The van der Waals surface area contributed by atoms with Crippen molar-refractivity contribution in [2.45, 2.75) is 6.92 Å². The molecule has 4 aromatic rings. The van der Waals surface area contributed by atoms with Gasteiger partial charge < -0.3 is 4.57 Å². The minimum atomic E-state index is -0.304. The van der Waals surface area contributed by atoms with Crippen molar-refractivity contribution in [1.29, 1.82) is 5.26 Å². The van der Waals surface area contributed by atoms with Crippen LogP contribution in [0.4, 0.5) is 0 Å². The van der Waals surface area contributed by atoms with E-state index in [1.807, 2.05) is 28.8 Å². The van der Waals surface area contributed by atoms with E-state index in [4.69, 9.17) is 0 Å². The van der Waals surface area contributed by atoms with E-state index in [0.29, 0.717) is 16.5 Å². The zero-order chi connectivity index (χ0) is 16.8. The van der Waals surface area contributed by atoms with E-state index in [0.717, 1.165) is 16.6 Å². The standard InChI is InChI=1S/C18H12N4O2/c1-11(23)22-17-8-13(6-7-15(17)18(24)20-22)21-10-12(9-19)14-4-2-3-5-16(14)21/h2-8,10H,1H3,(H,20,24). The van der Waals surface area contributed by atoms with Gasteiger partial charge in [0.2, 0.25) is 5.91 Å². The van der Waals surface area contributed by atoms with Gasteiger partial charge in [0.05, 0.1) is 22.0 Å². The number of H-pyrrole nitrogens is 1. The number of hydrogen-bond donors (Lipinski definition) is 1. The van der Waals surface area contributed by atoms with Gasteiger partial charge >= 0.3 is 0 Å². The fourth-order valence-corrected chi connectivity index (χ4v) is 3.00. The van der Waals surface area contributed by atoms with Crippen LogP contribution in [0.2, 0.25) is 0 Å². The summed E-state index contributed by atoms with van der Waals surface area (Å²) in [5, 5.41) is 13.2. The highest BCUT2D eigenvalue weighted by molar-refractivity contribution is 5.92. The molecule has 2 aromatic carbocycles. The number of aromatic amines is 1. The third kappa shape index (κ3) is 1.88. The molecule has 0 atom stereocenters. The predicted molar refractivity (Wildman–Crippen MR) is 90.4 cm³/mol. The van der Waals surface area contributed by atoms with Crippen LogP contribution in [0.1, 0.15) is 17.3 Å². The van der Waals surface area contributed by atoms with Gasteiger partial charge in [0.15, 0.2) is 0 Å². The third-order valence-electron chi connectivity index (χ3n) is 4.11. The molecule has 0 spiro atoms. The van der Waals surface area contributed by atoms with Crippen molar-refractivity contribution in [2.24, 2.45) is 0 Å². The van der Waals surface area contributed by atoms with Gasteiger partial charge in [-0.2, -0.15) is 5.26 Å². The molecule has 0 aliphatic rings. The zero-order valence-electron chi connectivity index (χ0n) is 12.8. The van der Waals surface area contributed by atoms with Crippen LogP contribution >= 0.6 is 0 Å². The number of aromatic nitrogens is 3. The summed E-state index contributed by atoms with van der Waals surface area (Å²) in [4.78, 5) is 23.7. The number of nitrogens with zero attached hydrogens (tertiary/aromatic N) is 3. The number of nitriles is 1. The summed E-state index contributed by atoms with van der Waals surface area (Å²) in [7, 11) is 0. The largest absolute Gasteiger partial charge is 0.315 e. The van der Waals surface area contributed by atoms with E-state index in [2.05, 4.69) is 11.2 Å². The Morgan fingerprint density at radius 3 is 2.67 bits per heavy atom. The number of para-hydroxylation sites is 1. The van der Waals surface area contributed by atoms with E-state index in [1.165, 1.54) is 11.6 Å². The molecule has 1 N–H and O–H groups in total. The number of carbonyl (C=O) groups excluding carboxylic acids is 1. The molecule has 2 heterocycles. The van der Waals surface area contributed by atoms with Gasteiger partial charge in [-0.25, -0.2) is 4.68 Å². The average molecular weight is 316 g/mol. The first-order valence-electron chi connectivity index (χ1n) is 7.36. The number of fused-ring (bicyclic) bond motifs is 2. The topological polar surface area (TPSA) is 83.6 Å². The van der Waals surface area contributed by atoms with E-state index < -0.39 is 0 Å². The molecule has 24 heavy (non-hydrogen) atoms. The van der Waals surface area contributed by atoms with Gasteiger partial charge in [-0.05, 0) is 24.3 Å². The highest BCUT2D eigenvalue weighted by Crippen LogP contribution is 2.25. The molecule has 116 valence electrons. The van der Waals surface area contributed by atoms with Crippen molar-refractivity contribution in [3.8, 4) is 11.8 Å². The van der Waals surface area contributed by atoms with Gasteiger partial charge in [-0.1, -0.05) is 18.2 Å². The number of benzene rings is 2. The minimum Gasteiger partial charge on any atom is -0.315 e. The maximum atomic E-state index is 11.9. The van der Waals surface area contributed by atoms with Crippen molar-refractivity contribution >= 4 is 27.7 Å². The summed E-state index contributed by atoms with van der Waals surface area (Å²) >= 11 is 0. The third-order valence-corrected chi connectivity index (χ3v) is 4.11. The van der Waals surface area contributed by atoms with Gasteiger partial charge in [0, 0.05) is 24.2 Å². The summed E-state index contributed by atoms with van der Waals surface area (Å²) in [5.74, 6) is -0.269. The first-order chi connectivity index (χ1) is 11.6. The lowest BCUT2D eigenvalue weighted by Crippen LogP contribution is -2.11. The Morgan fingerprint density at radius 1 is 1.12 bits per heavy atom. The van der Waals surface area contributed by atoms with E-state index in [-0.39, 0.29) is 11.5 Å². The first-order valence-corrected chi connectivity index (χ1v) is 7.36. The van der Waals surface area contributed by atoms with Gasteiger partial charge in [0.25, 0.3) is 5.56 Å². The number of hydrogen-bond acceptors (Lipinski definition) is 3. The van der Waals surface area contributed by atoms with E-state index in [9.17, 15) is 14.9 Å². The SMILES string of the molecule is CC(=O)n1[nH]c(=O)c2ccc(-n3cc(C#N)c4ccccc43)cc21. The molecule has 0 amide bonds. The lowest BCUT2D eigenvalue weighted by molar-refractivity contribution is 0.0926. The second-order valence-electron chi connectivity index (χ2n) is 5.54. The zero-order valence-corrected chi connectivity index (χ0v) is 12.8. The number of nitrogens with one attached hydrogen (secondary N) is 1. The molecule has 0 bridgehead atoms. The Morgan fingerprint density at radius 2 is 1.92 bits per heavy atom. The first kappa shape index (κ1) is 14.0. The summed E-state index contributed by atoms with van der Waals surface area (Å²) in [6.07, 6.45) is 1.76. The molecule has 0 saturated carbocycles. The lowest BCUT2D eigenvalue weighted by atomic mass is 10.2. The molecule has 0 saturated heterocycles. The fraction of sp³-hybridized carbons (Fsp3) is 0.0556. The molecular weight excluding hydrogens is 304 g/mol. The molecule has 0 aliphatic heterocycles. The highest BCUT2D eigenvalue weighted by atomic mass is 16.2. The van der Waals surface area contributed by atoms with Crippen molar-refractivity contribution in [3.05, 3.63) is 64.6 Å². The Kier molecular flexibility index (Phi) is 2.90. The van der Waals surface area contributed by atoms with Crippen LogP contribution in [0.5, 0.6) is 0 Å². The predicted octanol–water partition coefficient (Wildman–Crippen LogP) is 2.81. The molecule has 4 rings (SSSR count). The molecule has 6 nitrogen and oxygen atoms in total. The summed E-state index contributed by atoms with van der Waals surface area (Å²) < 4.78 is 3.12. The average Bonchev–Trinajstić information content (AvgIpc) is 3.13. The van der Waals surface area contributed by atoms with Crippen LogP contribution in [0, 0.1) is 11.3 Å². The van der Waals surface area contributed by atoms with E-state index in [1.54, 1.807) is 24.4 Å². The van der Waals surface area contributed by atoms with Gasteiger partial charge in [-0.15, -0.1) is 0 Å². The Labute approximate surface area is 136 Å². The Bertz CT molecular complexity index is 1220. The molecule has 0 radical (unpaired) electrons. The second kappa shape index (κ2) is 4.96. The normalized spacial score (nSPS) is 11.0. The molecule has 6 heteroatoms. The van der Waals surface area contributed by atoms with Crippen molar-refractivity contribution < 1.29 is 4.79 Å². The van der Waals surface area contributed by atoms with Crippen LogP contribution in [0.3, 0.4) is 0 Å². The van der Waals surface area contributed by atoms with Crippen LogP contribution < -0.4 is 5.56 Å². The Balaban J connectivity index is 2.05. The van der Waals surface area contributed by atoms with E-state index >= 15 is 0 Å². The number of rotatable bonds is 1. The maximum Gasteiger partial charge on any atom is 0.272 e. The summed E-state index contributed by atoms with van der Waals surface area (Å²) in [6, 6.07) is 15.1. The monoisotopic (exact) mass is 316 g/mol. The van der Waals surface area contributed by atoms with Crippen molar-refractivity contribution in [1.82, 2.24) is 14.3 Å². The van der Waals surface area contributed by atoms with Crippen LogP contribution in [-0.2, 0) is 0 Å².